The van der Waals surface area contributed by atoms with Gasteiger partial charge in [-0.25, -0.2) is 17.8 Å². The average Bonchev–Trinajstić information content (AvgIpc) is 2.71. The molecule has 0 unspecified atom stereocenters. The standard InChI is InChI=1S/C20H12Cl2FN4O2S/c21-12-5-8-14(9-6-12)30(28,29)27-20-19(24-13-7-10-16(23)15(22)11-13)25-17-3-1-2-4-18(17)26-20/h1-11H,(H-,24,25,26,27)/q-1. The molecule has 0 aliphatic carbocycles. The normalized spacial score (nSPS) is 11.4. The lowest BCUT2D eigenvalue weighted by atomic mass is 10.3. The molecule has 6 nitrogen and oxygen atoms in total. The van der Waals surface area contributed by atoms with Crippen LogP contribution in [0.1, 0.15) is 0 Å². The van der Waals surface area contributed by atoms with Crippen LogP contribution in [0.5, 0.6) is 0 Å². The molecule has 10 heteroatoms. The van der Waals surface area contributed by atoms with Gasteiger partial charge in [0.1, 0.15) is 11.6 Å². The second-order valence-corrected chi connectivity index (χ2v) is 8.61. The van der Waals surface area contributed by atoms with Crippen molar-refractivity contribution in [2.45, 2.75) is 4.90 Å². The van der Waals surface area contributed by atoms with Gasteiger partial charge in [0.25, 0.3) is 0 Å². The van der Waals surface area contributed by atoms with Crippen molar-refractivity contribution in [3.8, 4) is 0 Å². The minimum Gasteiger partial charge on any atom is -0.431 e. The average molecular weight is 462 g/mol. The van der Waals surface area contributed by atoms with Crippen molar-refractivity contribution in [2.24, 2.45) is 0 Å². The molecule has 0 saturated carbocycles. The van der Waals surface area contributed by atoms with Gasteiger partial charge in [0.15, 0.2) is 0 Å². The minimum absolute atomic E-state index is 0.0439. The molecule has 1 aromatic heterocycles. The number of hydrogen-bond acceptors (Lipinski definition) is 5. The first-order valence-corrected chi connectivity index (χ1v) is 10.7. The zero-order valence-electron chi connectivity index (χ0n) is 15.1. The first-order chi connectivity index (χ1) is 14.3. The summed E-state index contributed by atoms with van der Waals surface area (Å²) in [6.45, 7) is 0. The Kier molecular flexibility index (Phi) is 5.46. The van der Waals surface area contributed by atoms with Gasteiger partial charge in [-0.05, 0) is 59.9 Å². The maximum absolute atomic E-state index is 13.5. The van der Waals surface area contributed by atoms with Crippen LogP contribution in [0, 0.1) is 5.82 Å². The number of para-hydroxylation sites is 2. The van der Waals surface area contributed by atoms with Crippen molar-refractivity contribution in [1.82, 2.24) is 9.97 Å². The third kappa shape index (κ3) is 4.30. The van der Waals surface area contributed by atoms with Crippen molar-refractivity contribution in [3.63, 3.8) is 0 Å². The quantitative estimate of drug-likeness (QED) is 0.381. The van der Waals surface area contributed by atoms with Crippen molar-refractivity contribution in [1.29, 1.82) is 0 Å². The highest BCUT2D eigenvalue weighted by atomic mass is 35.5. The molecule has 152 valence electrons. The number of halogens is 3. The third-order valence-corrected chi connectivity index (χ3v) is 5.88. The fourth-order valence-corrected chi connectivity index (χ4v) is 3.87. The first-order valence-electron chi connectivity index (χ1n) is 8.54. The van der Waals surface area contributed by atoms with Crippen LogP contribution >= 0.6 is 23.2 Å². The summed E-state index contributed by atoms with van der Waals surface area (Å²) in [5.74, 6) is -0.653. The fraction of sp³-hybridized carbons (Fsp3) is 0. The van der Waals surface area contributed by atoms with Gasteiger partial charge in [-0.2, -0.15) is 0 Å². The van der Waals surface area contributed by atoms with E-state index in [1.54, 1.807) is 24.3 Å². The molecule has 30 heavy (non-hydrogen) atoms. The smallest absolute Gasteiger partial charge is 0.202 e. The van der Waals surface area contributed by atoms with E-state index in [4.69, 9.17) is 23.2 Å². The number of hydrogen-bond donors (Lipinski definition) is 1. The Morgan fingerprint density at radius 2 is 1.57 bits per heavy atom. The molecule has 0 saturated heterocycles. The maximum Gasteiger partial charge on any atom is 0.202 e. The van der Waals surface area contributed by atoms with Crippen molar-refractivity contribution in [2.75, 3.05) is 5.32 Å². The van der Waals surface area contributed by atoms with Gasteiger partial charge >= 0.3 is 0 Å². The largest absolute Gasteiger partial charge is 0.431 e. The van der Waals surface area contributed by atoms with Gasteiger partial charge in [0, 0.05) is 10.7 Å². The van der Waals surface area contributed by atoms with E-state index >= 15 is 0 Å². The SMILES string of the molecule is O=S(=O)([N-]c1nc2ccccc2nc1Nc1ccc(F)c(Cl)c1)c1ccc(Cl)cc1. The summed E-state index contributed by atoms with van der Waals surface area (Å²) in [6, 6.07) is 16.5. The third-order valence-electron chi connectivity index (χ3n) is 4.05. The molecule has 0 aliphatic heterocycles. The maximum atomic E-state index is 13.5. The van der Waals surface area contributed by atoms with Crippen molar-refractivity contribution >= 4 is 61.6 Å². The first kappa shape index (κ1) is 20.3. The summed E-state index contributed by atoms with van der Waals surface area (Å²) in [6.07, 6.45) is 0. The Hall–Kier alpha value is -2.94. The molecule has 0 fully saturated rings. The predicted molar refractivity (Wildman–Crippen MR) is 116 cm³/mol. The fourth-order valence-electron chi connectivity index (χ4n) is 2.62. The topological polar surface area (TPSA) is 86.1 Å². The second kappa shape index (κ2) is 8.06. The molecular formula is C20H12Cl2FN4O2S-. The summed E-state index contributed by atoms with van der Waals surface area (Å²) in [4.78, 5) is 8.72. The Morgan fingerprint density at radius 3 is 2.23 bits per heavy atom. The lowest BCUT2D eigenvalue weighted by Gasteiger charge is -2.21. The number of aromatic nitrogens is 2. The number of benzene rings is 3. The Balaban J connectivity index is 1.78. The monoisotopic (exact) mass is 461 g/mol. The lowest BCUT2D eigenvalue weighted by molar-refractivity contribution is 0.603. The summed E-state index contributed by atoms with van der Waals surface area (Å²) in [5, 5.41) is 3.21. The molecular weight excluding hydrogens is 450 g/mol. The van der Waals surface area contributed by atoms with Gasteiger partial charge < -0.3 is 15.0 Å². The summed E-state index contributed by atoms with van der Waals surface area (Å²) in [5.41, 5.74) is 1.38. The molecule has 0 bridgehead atoms. The number of nitrogens with zero attached hydrogens (tertiary/aromatic N) is 3. The van der Waals surface area contributed by atoms with E-state index in [9.17, 15) is 12.8 Å². The molecule has 3 aromatic carbocycles. The number of rotatable bonds is 5. The predicted octanol–water partition coefficient (Wildman–Crippen LogP) is 6.21. The van der Waals surface area contributed by atoms with Crippen LogP contribution in [0.3, 0.4) is 0 Å². The van der Waals surface area contributed by atoms with Crippen LogP contribution in [0.15, 0.2) is 71.6 Å². The molecule has 0 amide bonds. The van der Waals surface area contributed by atoms with Crippen molar-refractivity contribution in [3.05, 3.63) is 87.3 Å². The summed E-state index contributed by atoms with van der Waals surface area (Å²) >= 11 is 11.7. The molecule has 1 heterocycles. The zero-order valence-corrected chi connectivity index (χ0v) is 17.4. The molecule has 4 aromatic rings. The zero-order chi connectivity index (χ0) is 21.3. The molecule has 0 atom stereocenters. The van der Waals surface area contributed by atoms with Gasteiger partial charge in [-0.1, -0.05) is 41.4 Å². The summed E-state index contributed by atoms with van der Waals surface area (Å²) in [7, 11) is -4.09. The number of nitrogens with one attached hydrogen (secondary N) is 1. The van der Waals surface area contributed by atoms with Crippen LogP contribution in [0.4, 0.5) is 21.7 Å². The molecule has 0 spiro atoms. The van der Waals surface area contributed by atoms with Crippen LogP contribution in [-0.2, 0) is 10.0 Å². The van der Waals surface area contributed by atoms with E-state index in [2.05, 4.69) is 20.0 Å². The van der Waals surface area contributed by atoms with E-state index < -0.39 is 15.8 Å². The lowest BCUT2D eigenvalue weighted by Crippen LogP contribution is -2.02. The van der Waals surface area contributed by atoms with E-state index in [0.717, 1.165) is 0 Å². The minimum atomic E-state index is -4.09. The number of fused-ring (bicyclic) bond motifs is 1. The van der Waals surface area contributed by atoms with Gasteiger partial charge in [0.05, 0.1) is 15.4 Å². The molecule has 0 radical (unpaired) electrons. The van der Waals surface area contributed by atoms with E-state index in [1.807, 2.05) is 0 Å². The van der Waals surface area contributed by atoms with E-state index in [1.165, 1.54) is 42.5 Å². The Labute approximate surface area is 181 Å². The van der Waals surface area contributed by atoms with Crippen LogP contribution in [-0.4, -0.2) is 18.4 Å². The Bertz CT molecular complexity index is 1350. The van der Waals surface area contributed by atoms with Crippen LogP contribution in [0.25, 0.3) is 15.8 Å². The van der Waals surface area contributed by atoms with Gasteiger partial charge in [-0.3, -0.25) is 0 Å². The highest BCUT2D eigenvalue weighted by molar-refractivity contribution is 7.94. The second-order valence-electron chi connectivity index (χ2n) is 6.16. The highest BCUT2D eigenvalue weighted by Crippen LogP contribution is 2.35. The van der Waals surface area contributed by atoms with Crippen molar-refractivity contribution < 1.29 is 12.8 Å². The highest BCUT2D eigenvalue weighted by Gasteiger charge is 2.13. The Morgan fingerprint density at radius 1 is 0.900 bits per heavy atom. The van der Waals surface area contributed by atoms with Crippen LogP contribution < -0.4 is 5.32 Å². The van der Waals surface area contributed by atoms with E-state index in [-0.39, 0.29) is 21.6 Å². The van der Waals surface area contributed by atoms with Gasteiger partial charge in [-0.15, -0.1) is 0 Å². The van der Waals surface area contributed by atoms with E-state index in [0.29, 0.717) is 21.7 Å². The van der Waals surface area contributed by atoms with Crippen LogP contribution in [0.2, 0.25) is 10.0 Å². The number of anilines is 2. The van der Waals surface area contributed by atoms with Gasteiger partial charge in [0.2, 0.25) is 10.0 Å². The molecule has 4 rings (SSSR count). The number of sulfonamides is 1. The molecule has 1 N–H and O–H groups in total. The summed E-state index contributed by atoms with van der Waals surface area (Å²) < 4.78 is 42.9. The molecule has 0 aliphatic rings.